The van der Waals surface area contributed by atoms with E-state index in [0.717, 1.165) is 70.0 Å². The van der Waals surface area contributed by atoms with E-state index in [2.05, 4.69) is 10.3 Å². The highest BCUT2D eigenvalue weighted by atomic mass is 16.5. The first kappa shape index (κ1) is 19.6. The van der Waals surface area contributed by atoms with Gasteiger partial charge in [0.25, 0.3) is 5.91 Å². The third kappa shape index (κ3) is 3.87. The molecule has 1 aromatic heterocycles. The Labute approximate surface area is 166 Å². The Kier molecular flexibility index (Phi) is 5.31. The zero-order valence-corrected chi connectivity index (χ0v) is 16.7. The number of fused-ring (bicyclic) bond motifs is 3. The second kappa shape index (κ2) is 7.59. The molecule has 4 aliphatic carbocycles. The molecule has 28 heavy (non-hydrogen) atoms. The average Bonchev–Trinajstić information content (AvgIpc) is 2.69. The number of aliphatic hydroxyl groups is 1. The minimum atomic E-state index is -0.524. The van der Waals surface area contributed by atoms with Gasteiger partial charge in [-0.2, -0.15) is 0 Å². The third-order valence-electron chi connectivity index (χ3n) is 7.39. The number of nitrogens with zero attached hydrogens (tertiary/aromatic N) is 2. The summed E-state index contributed by atoms with van der Waals surface area (Å²) in [5.74, 6) is 0.769. The van der Waals surface area contributed by atoms with Crippen molar-refractivity contribution in [3.8, 4) is 0 Å². The van der Waals surface area contributed by atoms with Crippen LogP contribution in [0.25, 0.3) is 0 Å². The normalized spacial score (nSPS) is 34.9. The van der Waals surface area contributed by atoms with Gasteiger partial charge in [-0.05, 0) is 69.6 Å². The van der Waals surface area contributed by atoms with E-state index in [1.807, 2.05) is 7.11 Å². The number of methoxy groups -OCH3 is 1. The minimum absolute atomic E-state index is 0.0902. The van der Waals surface area contributed by atoms with E-state index < -0.39 is 5.91 Å². The lowest BCUT2D eigenvalue weighted by atomic mass is 9.57. The van der Waals surface area contributed by atoms with Gasteiger partial charge in [0.15, 0.2) is 0 Å². The summed E-state index contributed by atoms with van der Waals surface area (Å²) in [5.41, 5.74) is 6.21. The summed E-state index contributed by atoms with van der Waals surface area (Å²) < 4.78 is 5.80. The van der Waals surface area contributed by atoms with Crippen LogP contribution < -0.4 is 11.1 Å². The molecule has 2 atom stereocenters. The number of primary amides is 1. The lowest BCUT2D eigenvalue weighted by Gasteiger charge is -2.52. The molecule has 5 rings (SSSR count). The zero-order chi connectivity index (χ0) is 19.8. The van der Waals surface area contributed by atoms with Gasteiger partial charge < -0.3 is 20.9 Å². The Hall–Kier alpha value is -1.73. The number of ether oxygens (including phenoxy) is 1. The number of hydrogen-bond donors (Lipinski definition) is 3. The van der Waals surface area contributed by atoms with Gasteiger partial charge >= 0.3 is 0 Å². The van der Waals surface area contributed by atoms with Crippen molar-refractivity contribution < 1.29 is 14.6 Å². The van der Waals surface area contributed by atoms with E-state index in [9.17, 15) is 9.90 Å². The molecule has 0 radical (unpaired) electrons. The summed E-state index contributed by atoms with van der Waals surface area (Å²) in [6.45, 7) is 0. The Morgan fingerprint density at radius 1 is 1.29 bits per heavy atom. The predicted molar refractivity (Wildman–Crippen MR) is 106 cm³/mol. The fraction of sp³-hybridized carbons (Fsp3) is 0.762. The largest absolute Gasteiger partial charge is 0.393 e. The van der Waals surface area contributed by atoms with E-state index in [0.29, 0.717) is 17.8 Å². The molecular weight excluding hydrogens is 356 g/mol. The molecule has 4 fully saturated rings. The quantitative estimate of drug-likeness (QED) is 0.691. The molecule has 0 spiro atoms. The summed E-state index contributed by atoms with van der Waals surface area (Å²) in [6, 6.07) is 0.106. The van der Waals surface area contributed by atoms with Crippen LogP contribution in [0.4, 0.5) is 5.82 Å². The molecule has 0 unspecified atom stereocenters. The highest BCUT2D eigenvalue weighted by molar-refractivity contribution is 5.97. The van der Waals surface area contributed by atoms with Gasteiger partial charge in [0.05, 0.1) is 17.3 Å². The van der Waals surface area contributed by atoms with Crippen LogP contribution >= 0.6 is 0 Å². The first-order valence-corrected chi connectivity index (χ1v) is 10.6. The van der Waals surface area contributed by atoms with Gasteiger partial charge in [0, 0.05) is 25.8 Å². The summed E-state index contributed by atoms with van der Waals surface area (Å²) >= 11 is 0. The highest BCUT2D eigenvalue weighted by Gasteiger charge is 2.49. The van der Waals surface area contributed by atoms with Crippen molar-refractivity contribution in [3.63, 3.8) is 0 Å². The van der Waals surface area contributed by atoms with Gasteiger partial charge in [-0.1, -0.05) is 0 Å². The molecule has 7 heteroatoms. The second-order valence-corrected chi connectivity index (χ2v) is 9.14. The monoisotopic (exact) mass is 388 g/mol. The van der Waals surface area contributed by atoms with Gasteiger partial charge in [0.1, 0.15) is 11.6 Å². The molecule has 1 amide bonds. The molecule has 4 N–H and O–H groups in total. The fourth-order valence-corrected chi connectivity index (χ4v) is 5.42. The number of hydrogen-bond acceptors (Lipinski definition) is 6. The van der Waals surface area contributed by atoms with Gasteiger partial charge in [-0.25, -0.2) is 9.97 Å². The second-order valence-electron chi connectivity index (χ2n) is 9.14. The van der Waals surface area contributed by atoms with Crippen molar-refractivity contribution in [1.29, 1.82) is 0 Å². The Bertz CT molecular complexity index is 714. The molecule has 2 bridgehead atoms. The predicted octanol–water partition coefficient (Wildman–Crippen LogP) is 2.57. The first-order valence-electron chi connectivity index (χ1n) is 10.6. The van der Waals surface area contributed by atoms with Crippen LogP contribution in [0, 0.1) is 5.41 Å². The first-order chi connectivity index (χ1) is 13.4. The molecular formula is C21H32N4O3. The lowest BCUT2D eigenvalue weighted by Crippen LogP contribution is -2.48. The maximum Gasteiger partial charge on any atom is 0.254 e. The SMILES string of the molecule is COC12CCC(Cc3ncc(C(N)=O)c(N[C@@H]4CCC[C@H](O)C4)n3)(CC1)CC2. The van der Waals surface area contributed by atoms with E-state index in [1.54, 1.807) is 6.20 Å². The van der Waals surface area contributed by atoms with Crippen LogP contribution in [0.2, 0.25) is 0 Å². The molecule has 0 saturated heterocycles. The average molecular weight is 389 g/mol. The maximum atomic E-state index is 11.9. The zero-order valence-electron chi connectivity index (χ0n) is 16.7. The summed E-state index contributed by atoms with van der Waals surface area (Å²) in [5, 5.41) is 13.3. The number of amides is 1. The summed E-state index contributed by atoms with van der Waals surface area (Å²) in [6.07, 6.45) is 12.2. The summed E-state index contributed by atoms with van der Waals surface area (Å²) in [7, 11) is 1.84. The molecule has 4 saturated carbocycles. The number of rotatable bonds is 6. The number of carbonyl (C=O) groups excluding carboxylic acids is 1. The topological polar surface area (TPSA) is 110 Å². The van der Waals surface area contributed by atoms with Crippen molar-refractivity contribution in [2.24, 2.45) is 11.1 Å². The Morgan fingerprint density at radius 2 is 2.00 bits per heavy atom. The smallest absolute Gasteiger partial charge is 0.254 e. The van der Waals surface area contributed by atoms with Crippen molar-refractivity contribution >= 4 is 11.7 Å². The number of aromatic nitrogens is 2. The van der Waals surface area contributed by atoms with Crippen molar-refractivity contribution in [2.75, 3.05) is 12.4 Å². The minimum Gasteiger partial charge on any atom is -0.393 e. The lowest BCUT2D eigenvalue weighted by molar-refractivity contribution is -0.117. The van der Waals surface area contributed by atoms with Crippen molar-refractivity contribution in [1.82, 2.24) is 9.97 Å². The van der Waals surface area contributed by atoms with Gasteiger partial charge in [0.2, 0.25) is 0 Å². The van der Waals surface area contributed by atoms with Gasteiger partial charge in [-0.15, -0.1) is 0 Å². The van der Waals surface area contributed by atoms with Crippen LogP contribution in [0.3, 0.4) is 0 Å². The van der Waals surface area contributed by atoms with Crippen molar-refractivity contribution in [3.05, 3.63) is 17.6 Å². The Morgan fingerprint density at radius 3 is 2.61 bits per heavy atom. The molecule has 1 heterocycles. The third-order valence-corrected chi connectivity index (χ3v) is 7.39. The molecule has 0 aromatic carbocycles. The Balaban J connectivity index is 1.51. The van der Waals surface area contributed by atoms with Gasteiger partial charge in [-0.3, -0.25) is 4.79 Å². The van der Waals surface area contributed by atoms with E-state index >= 15 is 0 Å². The van der Waals surface area contributed by atoms with Crippen LogP contribution in [-0.4, -0.2) is 45.8 Å². The van der Waals surface area contributed by atoms with E-state index in [4.69, 9.17) is 15.5 Å². The number of anilines is 1. The summed E-state index contributed by atoms with van der Waals surface area (Å²) in [4.78, 5) is 21.1. The van der Waals surface area contributed by atoms with E-state index in [1.165, 1.54) is 0 Å². The number of nitrogens with one attached hydrogen (secondary N) is 1. The highest BCUT2D eigenvalue weighted by Crippen LogP contribution is 2.54. The number of aliphatic hydroxyl groups excluding tert-OH is 1. The standard InChI is InChI=1S/C21H32N4O3/c1-28-21-8-5-20(6-9-21,7-10-21)12-17-23-13-16(18(22)27)19(25-17)24-14-3-2-4-15(26)11-14/h13-15,26H,2-12H2,1H3,(H2,22,27)(H,23,24,25)/t14-,15+,20?,21?/m1/s1. The van der Waals surface area contributed by atoms with Crippen LogP contribution in [0.15, 0.2) is 6.20 Å². The van der Waals surface area contributed by atoms with Crippen LogP contribution in [0.1, 0.15) is 80.4 Å². The number of carbonyl (C=O) groups is 1. The number of nitrogens with two attached hydrogens (primary N) is 1. The van der Waals surface area contributed by atoms with E-state index in [-0.39, 0.29) is 23.2 Å². The molecule has 1 aromatic rings. The maximum absolute atomic E-state index is 11.9. The molecule has 154 valence electrons. The molecule has 7 nitrogen and oxygen atoms in total. The van der Waals surface area contributed by atoms with Crippen LogP contribution in [-0.2, 0) is 11.2 Å². The molecule has 4 aliphatic rings. The fourth-order valence-electron chi connectivity index (χ4n) is 5.42. The van der Waals surface area contributed by atoms with Crippen LogP contribution in [0.5, 0.6) is 0 Å². The van der Waals surface area contributed by atoms with Crippen molar-refractivity contribution in [2.45, 2.75) is 88.4 Å². The molecule has 0 aliphatic heterocycles.